The Hall–Kier alpha value is -1.79. The Kier molecular flexibility index (Phi) is 6.11. The molecule has 0 spiro atoms. The van der Waals surface area contributed by atoms with Crippen LogP contribution in [0.5, 0.6) is 0 Å². The van der Waals surface area contributed by atoms with Crippen LogP contribution in [0.15, 0.2) is 18.2 Å². The molecule has 0 aromatic heterocycles. The van der Waals surface area contributed by atoms with Gasteiger partial charge in [0, 0.05) is 17.7 Å². The Balaban J connectivity index is 2.65. The molecule has 0 radical (unpaired) electrons. The third-order valence-electron chi connectivity index (χ3n) is 2.76. The normalized spacial score (nSPS) is 9.95. The Morgan fingerprint density at radius 3 is 2.74 bits per heavy atom. The van der Waals surface area contributed by atoms with Crippen molar-refractivity contribution in [1.29, 1.82) is 0 Å². The van der Waals surface area contributed by atoms with Gasteiger partial charge in [-0.15, -0.1) is 0 Å². The Morgan fingerprint density at radius 2 is 2.16 bits per heavy atom. The predicted molar refractivity (Wildman–Crippen MR) is 77.8 cm³/mol. The zero-order valence-corrected chi connectivity index (χ0v) is 11.8. The molecule has 3 heteroatoms. The third-order valence-corrected chi connectivity index (χ3v) is 2.76. The van der Waals surface area contributed by atoms with Crippen LogP contribution in [0.25, 0.3) is 0 Å². The van der Waals surface area contributed by atoms with E-state index in [4.69, 9.17) is 5.11 Å². The van der Waals surface area contributed by atoms with Crippen LogP contribution in [0.1, 0.15) is 37.8 Å². The first-order valence-electron chi connectivity index (χ1n) is 6.53. The first-order chi connectivity index (χ1) is 9.02. The number of hydrogen-bond donors (Lipinski definition) is 2. The van der Waals surface area contributed by atoms with E-state index < -0.39 is 0 Å². The number of nitrogens with one attached hydrogen (secondary N) is 1. The van der Waals surface area contributed by atoms with Gasteiger partial charge in [0.25, 0.3) is 0 Å². The van der Waals surface area contributed by atoms with Crippen LogP contribution in [0, 0.1) is 24.7 Å². The number of hydrogen-bond acceptors (Lipinski definition) is 2. The summed E-state index contributed by atoms with van der Waals surface area (Å²) in [6, 6.07) is 5.59. The van der Waals surface area contributed by atoms with Crippen LogP contribution in [-0.2, 0) is 4.79 Å². The van der Waals surface area contributed by atoms with Crippen LogP contribution in [0.2, 0.25) is 0 Å². The predicted octanol–water partition coefficient (Wildman–Crippen LogP) is 2.71. The van der Waals surface area contributed by atoms with Crippen molar-refractivity contribution < 1.29 is 9.90 Å². The fraction of sp³-hybridized carbons (Fsp3) is 0.438. The van der Waals surface area contributed by atoms with Gasteiger partial charge in [0.05, 0.1) is 0 Å². The van der Waals surface area contributed by atoms with Crippen molar-refractivity contribution in [2.24, 2.45) is 5.92 Å². The Labute approximate surface area is 115 Å². The van der Waals surface area contributed by atoms with Gasteiger partial charge in [0.2, 0.25) is 5.91 Å². The van der Waals surface area contributed by atoms with Gasteiger partial charge in [-0.25, -0.2) is 0 Å². The van der Waals surface area contributed by atoms with E-state index >= 15 is 0 Å². The molecule has 2 N–H and O–H groups in total. The first kappa shape index (κ1) is 15.3. The molecule has 102 valence electrons. The maximum absolute atomic E-state index is 11.7. The standard InChI is InChI=1S/C16H21NO2/c1-12(2)6-9-16(19)17-15-8-7-14(5-4-10-18)13(3)11-15/h7-8,11-12,18H,6,9-10H2,1-3H3,(H,17,19). The summed E-state index contributed by atoms with van der Waals surface area (Å²) in [5.41, 5.74) is 2.65. The van der Waals surface area contributed by atoms with Crippen molar-refractivity contribution in [3.63, 3.8) is 0 Å². The molecule has 0 bridgehead atoms. The van der Waals surface area contributed by atoms with Crippen LogP contribution in [0.4, 0.5) is 5.69 Å². The van der Waals surface area contributed by atoms with Gasteiger partial charge < -0.3 is 10.4 Å². The van der Waals surface area contributed by atoms with Gasteiger partial charge in [0.15, 0.2) is 0 Å². The highest BCUT2D eigenvalue weighted by atomic mass is 16.2. The molecule has 1 aromatic rings. The monoisotopic (exact) mass is 259 g/mol. The topological polar surface area (TPSA) is 49.3 Å². The van der Waals surface area contributed by atoms with Crippen molar-refractivity contribution in [3.05, 3.63) is 29.3 Å². The van der Waals surface area contributed by atoms with E-state index in [2.05, 4.69) is 31.0 Å². The number of amides is 1. The summed E-state index contributed by atoms with van der Waals surface area (Å²) in [6.45, 7) is 6.00. The smallest absolute Gasteiger partial charge is 0.224 e. The minimum Gasteiger partial charge on any atom is -0.384 e. The Morgan fingerprint density at radius 1 is 1.42 bits per heavy atom. The zero-order chi connectivity index (χ0) is 14.3. The van der Waals surface area contributed by atoms with Gasteiger partial charge in [-0.2, -0.15) is 0 Å². The second-order valence-electron chi connectivity index (χ2n) is 4.97. The summed E-state index contributed by atoms with van der Waals surface area (Å²) in [4.78, 5) is 11.7. The summed E-state index contributed by atoms with van der Waals surface area (Å²) in [7, 11) is 0. The molecule has 0 atom stereocenters. The quantitative estimate of drug-likeness (QED) is 0.817. The number of carbonyl (C=O) groups excluding carboxylic acids is 1. The molecule has 0 heterocycles. The number of carbonyl (C=O) groups is 1. The van der Waals surface area contributed by atoms with Crippen molar-refractivity contribution in [1.82, 2.24) is 0 Å². The van der Waals surface area contributed by atoms with Gasteiger partial charge in [0.1, 0.15) is 6.61 Å². The van der Waals surface area contributed by atoms with E-state index in [1.165, 1.54) is 0 Å². The molecule has 1 amide bonds. The molecule has 3 nitrogen and oxygen atoms in total. The van der Waals surface area contributed by atoms with Crippen LogP contribution < -0.4 is 5.32 Å². The molecule has 1 rings (SSSR count). The number of aryl methyl sites for hydroxylation is 1. The maximum atomic E-state index is 11.7. The van der Waals surface area contributed by atoms with Crippen LogP contribution in [-0.4, -0.2) is 17.6 Å². The number of rotatable bonds is 4. The molecule has 0 fully saturated rings. The fourth-order valence-corrected chi connectivity index (χ4v) is 1.66. The fourth-order valence-electron chi connectivity index (χ4n) is 1.66. The zero-order valence-electron chi connectivity index (χ0n) is 11.8. The number of benzene rings is 1. The lowest BCUT2D eigenvalue weighted by Gasteiger charge is -2.08. The van der Waals surface area contributed by atoms with E-state index in [0.29, 0.717) is 12.3 Å². The summed E-state index contributed by atoms with van der Waals surface area (Å²) in [5.74, 6) is 6.06. The summed E-state index contributed by atoms with van der Waals surface area (Å²) < 4.78 is 0. The summed E-state index contributed by atoms with van der Waals surface area (Å²) >= 11 is 0. The van der Waals surface area contributed by atoms with Gasteiger partial charge >= 0.3 is 0 Å². The summed E-state index contributed by atoms with van der Waals surface area (Å²) in [5, 5.41) is 11.6. The third kappa shape index (κ3) is 5.58. The molecular weight excluding hydrogens is 238 g/mol. The van der Waals surface area contributed by atoms with Gasteiger partial charge in [-0.1, -0.05) is 25.7 Å². The largest absolute Gasteiger partial charge is 0.384 e. The summed E-state index contributed by atoms with van der Waals surface area (Å²) in [6.07, 6.45) is 1.44. The molecule has 0 saturated heterocycles. The van der Waals surface area contributed by atoms with E-state index in [1.54, 1.807) is 0 Å². The lowest BCUT2D eigenvalue weighted by Crippen LogP contribution is -2.12. The highest BCUT2D eigenvalue weighted by molar-refractivity contribution is 5.90. The second kappa shape index (κ2) is 7.60. The number of aliphatic hydroxyl groups excluding tert-OH is 1. The van der Waals surface area contributed by atoms with Crippen molar-refractivity contribution in [3.8, 4) is 11.8 Å². The average Bonchev–Trinajstić information content (AvgIpc) is 2.35. The molecule has 0 aliphatic heterocycles. The Bertz CT molecular complexity index is 495. The van der Waals surface area contributed by atoms with E-state index in [1.807, 2.05) is 25.1 Å². The molecule has 19 heavy (non-hydrogen) atoms. The van der Waals surface area contributed by atoms with E-state index in [0.717, 1.165) is 23.2 Å². The van der Waals surface area contributed by atoms with Crippen molar-refractivity contribution >= 4 is 11.6 Å². The highest BCUT2D eigenvalue weighted by Gasteiger charge is 2.05. The lowest BCUT2D eigenvalue weighted by molar-refractivity contribution is -0.116. The lowest BCUT2D eigenvalue weighted by atomic mass is 10.1. The molecule has 0 unspecified atom stereocenters. The average molecular weight is 259 g/mol. The van der Waals surface area contributed by atoms with Crippen molar-refractivity contribution in [2.75, 3.05) is 11.9 Å². The van der Waals surface area contributed by atoms with E-state index in [-0.39, 0.29) is 12.5 Å². The molecular formula is C16H21NO2. The number of anilines is 1. The molecule has 1 aromatic carbocycles. The molecule has 0 aliphatic carbocycles. The molecule has 0 aliphatic rings. The minimum absolute atomic E-state index is 0.0438. The van der Waals surface area contributed by atoms with Crippen LogP contribution >= 0.6 is 0 Å². The first-order valence-corrected chi connectivity index (χ1v) is 6.53. The van der Waals surface area contributed by atoms with E-state index in [9.17, 15) is 4.79 Å². The van der Waals surface area contributed by atoms with Gasteiger partial charge in [-0.3, -0.25) is 4.79 Å². The van der Waals surface area contributed by atoms with Gasteiger partial charge in [-0.05, 0) is 43.0 Å². The number of aliphatic hydroxyl groups is 1. The highest BCUT2D eigenvalue weighted by Crippen LogP contribution is 2.15. The molecule has 0 saturated carbocycles. The SMILES string of the molecule is Cc1cc(NC(=O)CCC(C)C)ccc1C#CCO. The van der Waals surface area contributed by atoms with Crippen molar-refractivity contribution in [2.45, 2.75) is 33.6 Å². The second-order valence-corrected chi connectivity index (χ2v) is 4.97. The maximum Gasteiger partial charge on any atom is 0.224 e. The van der Waals surface area contributed by atoms with Crippen LogP contribution in [0.3, 0.4) is 0 Å². The minimum atomic E-state index is -0.146.